The van der Waals surface area contributed by atoms with E-state index in [1.807, 2.05) is 6.07 Å². The number of anilines is 1. The summed E-state index contributed by atoms with van der Waals surface area (Å²) in [6, 6.07) is 14.7. The van der Waals surface area contributed by atoms with Gasteiger partial charge in [0, 0.05) is 12.6 Å². The zero-order chi connectivity index (χ0) is 13.9. The average molecular weight is 265 g/mol. The second-order valence-electron chi connectivity index (χ2n) is 5.42. The largest absolute Gasteiger partial charge is 0.326 e. The number of fused-ring (bicyclic) bond motifs is 1. The first-order chi connectivity index (χ1) is 9.74. The summed E-state index contributed by atoms with van der Waals surface area (Å²) in [5.74, 6) is -0.0141. The Morgan fingerprint density at radius 2 is 1.80 bits per heavy atom. The summed E-state index contributed by atoms with van der Waals surface area (Å²) < 4.78 is 0. The summed E-state index contributed by atoms with van der Waals surface area (Å²) >= 11 is 0. The van der Waals surface area contributed by atoms with Crippen LogP contribution in [0.25, 0.3) is 11.1 Å². The third-order valence-corrected chi connectivity index (χ3v) is 3.87. The Morgan fingerprint density at radius 3 is 2.55 bits per heavy atom. The third-order valence-electron chi connectivity index (χ3n) is 3.87. The van der Waals surface area contributed by atoms with Crippen molar-refractivity contribution >= 4 is 11.6 Å². The summed E-state index contributed by atoms with van der Waals surface area (Å²) in [6.07, 6.45) is 4.75. The molecule has 0 spiro atoms. The van der Waals surface area contributed by atoms with Crippen molar-refractivity contribution in [1.29, 1.82) is 0 Å². The van der Waals surface area contributed by atoms with Crippen LogP contribution in [0.3, 0.4) is 0 Å². The molecule has 20 heavy (non-hydrogen) atoms. The summed E-state index contributed by atoms with van der Waals surface area (Å²) in [5, 5.41) is 2.93. The van der Waals surface area contributed by atoms with Gasteiger partial charge in [-0.15, -0.1) is 0 Å². The molecule has 1 aliphatic rings. The van der Waals surface area contributed by atoms with Crippen molar-refractivity contribution in [3.8, 4) is 11.1 Å². The van der Waals surface area contributed by atoms with E-state index in [9.17, 15) is 4.79 Å². The molecule has 0 aromatic heterocycles. The van der Waals surface area contributed by atoms with Gasteiger partial charge in [-0.2, -0.15) is 0 Å². The maximum Gasteiger partial charge on any atom is 0.221 e. The van der Waals surface area contributed by atoms with Crippen LogP contribution in [0.4, 0.5) is 5.69 Å². The molecule has 1 aliphatic carbocycles. The topological polar surface area (TPSA) is 29.1 Å². The fourth-order valence-corrected chi connectivity index (χ4v) is 3.02. The molecule has 0 saturated heterocycles. The molecule has 1 amide bonds. The van der Waals surface area contributed by atoms with Crippen LogP contribution in [0, 0.1) is 0 Å². The molecule has 0 heterocycles. The van der Waals surface area contributed by atoms with E-state index >= 15 is 0 Å². The highest BCUT2D eigenvalue weighted by Gasteiger charge is 2.16. The monoisotopic (exact) mass is 265 g/mol. The van der Waals surface area contributed by atoms with Gasteiger partial charge in [0.1, 0.15) is 0 Å². The van der Waals surface area contributed by atoms with Crippen LogP contribution >= 0.6 is 0 Å². The van der Waals surface area contributed by atoms with Crippen molar-refractivity contribution in [2.75, 3.05) is 5.32 Å². The Balaban J connectivity index is 2.13. The molecule has 0 bridgehead atoms. The molecule has 3 rings (SSSR count). The van der Waals surface area contributed by atoms with Crippen LogP contribution in [0.1, 0.15) is 30.9 Å². The van der Waals surface area contributed by atoms with Crippen molar-refractivity contribution in [3.05, 3.63) is 53.6 Å². The molecular formula is C18H19NO. The lowest BCUT2D eigenvalue weighted by molar-refractivity contribution is -0.114. The van der Waals surface area contributed by atoms with Crippen LogP contribution in [0.15, 0.2) is 42.5 Å². The zero-order valence-electron chi connectivity index (χ0n) is 11.8. The lowest BCUT2D eigenvalue weighted by Gasteiger charge is -2.21. The minimum atomic E-state index is -0.0141. The van der Waals surface area contributed by atoms with E-state index in [2.05, 4.69) is 41.7 Å². The molecular weight excluding hydrogens is 246 g/mol. The van der Waals surface area contributed by atoms with Crippen LogP contribution in [-0.4, -0.2) is 5.91 Å². The molecule has 102 valence electrons. The first kappa shape index (κ1) is 12.9. The highest BCUT2D eigenvalue weighted by Crippen LogP contribution is 2.34. The zero-order valence-corrected chi connectivity index (χ0v) is 11.8. The second-order valence-corrected chi connectivity index (χ2v) is 5.42. The fraction of sp³-hybridized carbons (Fsp3) is 0.278. The molecule has 0 unspecified atom stereocenters. The van der Waals surface area contributed by atoms with Crippen molar-refractivity contribution in [2.45, 2.75) is 32.6 Å². The average Bonchev–Trinajstić information content (AvgIpc) is 2.47. The third kappa shape index (κ3) is 2.60. The molecule has 2 aromatic carbocycles. The van der Waals surface area contributed by atoms with E-state index in [-0.39, 0.29) is 5.91 Å². The van der Waals surface area contributed by atoms with Crippen LogP contribution in [-0.2, 0) is 17.6 Å². The molecule has 2 heteroatoms. The lowest BCUT2D eigenvalue weighted by Crippen LogP contribution is -2.10. The second kappa shape index (κ2) is 5.49. The van der Waals surface area contributed by atoms with Gasteiger partial charge in [0.05, 0.1) is 0 Å². The maximum atomic E-state index is 11.3. The number of carbonyl (C=O) groups is 1. The van der Waals surface area contributed by atoms with Gasteiger partial charge in [-0.1, -0.05) is 30.3 Å². The minimum Gasteiger partial charge on any atom is -0.326 e. The Hall–Kier alpha value is -2.09. The van der Waals surface area contributed by atoms with Gasteiger partial charge in [-0.3, -0.25) is 4.79 Å². The number of benzene rings is 2. The lowest BCUT2D eigenvalue weighted by atomic mass is 9.85. The van der Waals surface area contributed by atoms with Gasteiger partial charge < -0.3 is 5.32 Å². The van der Waals surface area contributed by atoms with Gasteiger partial charge in [0.15, 0.2) is 0 Å². The van der Waals surface area contributed by atoms with Crippen molar-refractivity contribution in [1.82, 2.24) is 0 Å². The molecule has 2 aromatic rings. The van der Waals surface area contributed by atoms with E-state index in [4.69, 9.17) is 0 Å². The smallest absolute Gasteiger partial charge is 0.221 e. The quantitative estimate of drug-likeness (QED) is 0.866. The number of rotatable bonds is 2. The Bertz CT molecular complexity index is 631. The van der Waals surface area contributed by atoms with Crippen molar-refractivity contribution < 1.29 is 4.79 Å². The molecule has 1 N–H and O–H groups in total. The first-order valence-electron chi connectivity index (χ1n) is 7.23. The predicted octanol–water partition coefficient (Wildman–Crippen LogP) is 4.19. The highest BCUT2D eigenvalue weighted by atomic mass is 16.1. The predicted molar refractivity (Wildman–Crippen MR) is 82.8 cm³/mol. The minimum absolute atomic E-state index is 0.0141. The summed E-state index contributed by atoms with van der Waals surface area (Å²) in [7, 11) is 0. The highest BCUT2D eigenvalue weighted by molar-refractivity contribution is 5.90. The van der Waals surface area contributed by atoms with Gasteiger partial charge >= 0.3 is 0 Å². The van der Waals surface area contributed by atoms with Crippen molar-refractivity contribution in [3.63, 3.8) is 0 Å². The van der Waals surface area contributed by atoms with Crippen LogP contribution in [0.5, 0.6) is 0 Å². The van der Waals surface area contributed by atoms with E-state index in [1.165, 1.54) is 35.1 Å². The van der Waals surface area contributed by atoms with E-state index < -0.39 is 0 Å². The van der Waals surface area contributed by atoms with E-state index in [0.717, 1.165) is 18.5 Å². The number of aryl methyl sites for hydroxylation is 1. The molecule has 0 atom stereocenters. The number of carbonyl (C=O) groups excluding carboxylic acids is 1. The summed E-state index contributed by atoms with van der Waals surface area (Å²) in [4.78, 5) is 11.3. The molecule has 0 fully saturated rings. The molecule has 0 saturated carbocycles. The normalized spacial score (nSPS) is 13.7. The summed E-state index contributed by atoms with van der Waals surface area (Å²) in [5.41, 5.74) is 6.26. The first-order valence-corrected chi connectivity index (χ1v) is 7.23. The Kier molecular flexibility index (Phi) is 3.55. The van der Waals surface area contributed by atoms with Crippen molar-refractivity contribution in [2.24, 2.45) is 0 Å². The standard InChI is InChI=1S/C18H19NO/c1-13(20)19-16-11-15-9-5-6-10-17(15)18(12-16)14-7-3-2-4-8-14/h2-4,7-8,11-12H,5-6,9-10H2,1H3,(H,19,20). The van der Waals surface area contributed by atoms with Crippen LogP contribution < -0.4 is 5.32 Å². The number of nitrogens with one attached hydrogen (secondary N) is 1. The maximum absolute atomic E-state index is 11.3. The number of amides is 1. The SMILES string of the molecule is CC(=O)Nc1cc2c(c(-c3ccccc3)c1)CCCC2. The van der Waals surface area contributed by atoms with E-state index in [0.29, 0.717) is 0 Å². The molecule has 0 aliphatic heterocycles. The summed E-state index contributed by atoms with van der Waals surface area (Å²) in [6.45, 7) is 1.56. The number of hydrogen-bond acceptors (Lipinski definition) is 1. The fourth-order valence-electron chi connectivity index (χ4n) is 3.02. The van der Waals surface area contributed by atoms with Crippen LogP contribution in [0.2, 0.25) is 0 Å². The van der Waals surface area contributed by atoms with Gasteiger partial charge in [0.25, 0.3) is 0 Å². The molecule has 2 nitrogen and oxygen atoms in total. The molecule has 0 radical (unpaired) electrons. The van der Waals surface area contributed by atoms with Gasteiger partial charge in [0.2, 0.25) is 5.91 Å². The van der Waals surface area contributed by atoms with Gasteiger partial charge in [-0.25, -0.2) is 0 Å². The number of hydrogen-bond donors (Lipinski definition) is 1. The Morgan fingerprint density at radius 1 is 1.05 bits per heavy atom. The van der Waals surface area contributed by atoms with Gasteiger partial charge in [-0.05, 0) is 60.1 Å². The Labute approximate surface area is 119 Å². The van der Waals surface area contributed by atoms with E-state index in [1.54, 1.807) is 6.92 Å².